The van der Waals surface area contributed by atoms with Gasteiger partial charge in [-0.15, -0.1) is 0 Å². The summed E-state index contributed by atoms with van der Waals surface area (Å²) >= 11 is 0. The van der Waals surface area contributed by atoms with Gasteiger partial charge in [0.1, 0.15) is 12.2 Å². The van der Waals surface area contributed by atoms with E-state index in [9.17, 15) is 4.79 Å². The fourth-order valence-corrected chi connectivity index (χ4v) is 1.15. The van der Waals surface area contributed by atoms with Crippen LogP contribution in [-0.2, 0) is 11.3 Å². The number of hydrogen-bond acceptors (Lipinski definition) is 3. The minimum absolute atomic E-state index is 0.0545. The molecule has 0 saturated carbocycles. The van der Waals surface area contributed by atoms with Gasteiger partial charge in [-0.1, -0.05) is 27.7 Å². The van der Waals surface area contributed by atoms with Crippen LogP contribution in [0.3, 0.4) is 0 Å². The molecular formula is C11H20N4O. The second-order valence-electron chi connectivity index (χ2n) is 5.18. The smallest absolute Gasteiger partial charge is 0.220 e. The Hall–Kier alpha value is -1.39. The minimum Gasteiger partial charge on any atom is -0.349 e. The molecule has 1 atom stereocenters. The van der Waals surface area contributed by atoms with E-state index in [0.29, 0.717) is 24.7 Å². The molecule has 1 rings (SSSR count). The molecule has 0 bridgehead atoms. The molecule has 0 aromatic carbocycles. The molecule has 1 unspecified atom stereocenters. The number of nitrogens with zero attached hydrogens (tertiary/aromatic N) is 2. The molecule has 0 aliphatic heterocycles. The quantitative estimate of drug-likeness (QED) is 0.814. The van der Waals surface area contributed by atoms with E-state index >= 15 is 0 Å². The summed E-state index contributed by atoms with van der Waals surface area (Å²) in [6.45, 7) is 8.92. The van der Waals surface area contributed by atoms with Gasteiger partial charge in [0.05, 0.1) is 6.54 Å². The van der Waals surface area contributed by atoms with E-state index in [0.717, 1.165) is 0 Å². The Morgan fingerprint density at radius 2 is 2.25 bits per heavy atom. The molecule has 90 valence electrons. The first-order valence-electron chi connectivity index (χ1n) is 5.50. The number of carbonyl (C=O) groups is 1. The van der Waals surface area contributed by atoms with E-state index < -0.39 is 0 Å². The van der Waals surface area contributed by atoms with E-state index in [1.165, 1.54) is 6.33 Å². The summed E-state index contributed by atoms with van der Waals surface area (Å²) in [6, 6.07) is 0. The molecule has 1 aromatic heterocycles. The molecule has 0 saturated heterocycles. The van der Waals surface area contributed by atoms with Crippen molar-refractivity contribution in [3.05, 3.63) is 12.2 Å². The zero-order valence-electron chi connectivity index (χ0n) is 10.4. The van der Waals surface area contributed by atoms with E-state index in [4.69, 9.17) is 0 Å². The number of hydrogen-bond donors (Lipinski definition) is 2. The number of aromatic nitrogens is 3. The van der Waals surface area contributed by atoms with Gasteiger partial charge in [0.2, 0.25) is 5.91 Å². The van der Waals surface area contributed by atoms with Gasteiger partial charge < -0.3 is 5.32 Å². The van der Waals surface area contributed by atoms with Crippen LogP contribution in [0.5, 0.6) is 0 Å². The SMILES string of the molecule is CC(CC(=O)NCc1ncn[nH]1)C(C)(C)C. The lowest BCUT2D eigenvalue weighted by Gasteiger charge is -2.26. The maximum atomic E-state index is 11.6. The number of amides is 1. The maximum Gasteiger partial charge on any atom is 0.220 e. The average molecular weight is 224 g/mol. The highest BCUT2D eigenvalue weighted by Crippen LogP contribution is 2.27. The fraction of sp³-hybridized carbons (Fsp3) is 0.727. The molecule has 0 fully saturated rings. The van der Waals surface area contributed by atoms with E-state index in [-0.39, 0.29) is 11.3 Å². The van der Waals surface area contributed by atoms with Crippen LogP contribution >= 0.6 is 0 Å². The summed E-state index contributed by atoms with van der Waals surface area (Å²) in [5.74, 6) is 1.08. The van der Waals surface area contributed by atoms with Crippen LogP contribution in [0.15, 0.2) is 6.33 Å². The Balaban J connectivity index is 2.31. The minimum atomic E-state index is 0.0545. The first kappa shape index (κ1) is 12.7. The summed E-state index contributed by atoms with van der Waals surface area (Å²) in [6.07, 6.45) is 1.97. The second kappa shape index (κ2) is 5.09. The third-order valence-corrected chi connectivity index (χ3v) is 2.89. The predicted octanol–water partition coefficient (Wildman–Crippen LogP) is 1.49. The average Bonchev–Trinajstić information content (AvgIpc) is 2.65. The second-order valence-corrected chi connectivity index (χ2v) is 5.18. The molecule has 1 amide bonds. The van der Waals surface area contributed by atoms with Crippen molar-refractivity contribution >= 4 is 5.91 Å². The van der Waals surface area contributed by atoms with Crippen molar-refractivity contribution in [3.63, 3.8) is 0 Å². The van der Waals surface area contributed by atoms with Crippen LogP contribution in [-0.4, -0.2) is 21.1 Å². The van der Waals surface area contributed by atoms with Crippen molar-refractivity contribution < 1.29 is 4.79 Å². The van der Waals surface area contributed by atoms with Crippen LogP contribution in [0, 0.1) is 11.3 Å². The van der Waals surface area contributed by atoms with Crippen LogP contribution in [0.4, 0.5) is 0 Å². The molecule has 0 spiro atoms. The monoisotopic (exact) mass is 224 g/mol. The Kier molecular flexibility index (Phi) is 4.04. The fourth-order valence-electron chi connectivity index (χ4n) is 1.15. The van der Waals surface area contributed by atoms with Gasteiger partial charge >= 0.3 is 0 Å². The van der Waals surface area contributed by atoms with Crippen LogP contribution in [0.2, 0.25) is 0 Å². The van der Waals surface area contributed by atoms with Gasteiger partial charge in [0.15, 0.2) is 0 Å². The van der Waals surface area contributed by atoms with Crippen LogP contribution < -0.4 is 5.32 Å². The summed E-state index contributed by atoms with van der Waals surface area (Å²) in [5, 5.41) is 9.23. The van der Waals surface area contributed by atoms with Gasteiger partial charge in [-0.05, 0) is 11.3 Å². The van der Waals surface area contributed by atoms with Crippen molar-refractivity contribution in [2.75, 3.05) is 0 Å². The zero-order valence-corrected chi connectivity index (χ0v) is 10.4. The number of aromatic amines is 1. The molecular weight excluding hydrogens is 204 g/mol. The molecule has 5 nitrogen and oxygen atoms in total. The number of rotatable bonds is 4. The van der Waals surface area contributed by atoms with Crippen molar-refractivity contribution in [1.82, 2.24) is 20.5 Å². The summed E-state index contributed by atoms with van der Waals surface area (Å²) in [4.78, 5) is 15.6. The van der Waals surface area contributed by atoms with Gasteiger partial charge in [-0.3, -0.25) is 9.89 Å². The van der Waals surface area contributed by atoms with E-state index in [1.807, 2.05) is 0 Å². The molecule has 0 aliphatic rings. The van der Waals surface area contributed by atoms with Gasteiger partial charge in [0.25, 0.3) is 0 Å². The highest BCUT2D eigenvalue weighted by atomic mass is 16.1. The summed E-state index contributed by atoms with van der Waals surface area (Å²) < 4.78 is 0. The maximum absolute atomic E-state index is 11.6. The predicted molar refractivity (Wildman–Crippen MR) is 61.5 cm³/mol. The zero-order chi connectivity index (χ0) is 12.2. The van der Waals surface area contributed by atoms with Crippen molar-refractivity contribution in [3.8, 4) is 0 Å². The Morgan fingerprint density at radius 3 is 2.75 bits per heavy atom. The Morgan fingerprint density at radius 1 is 1.56 bits per heavy atom. The first-order valence-corrected chi connectivity index (χ1v) is 5.50. The van der Waals surface area contributed by atoms with Gasteiger partial charge in [-0.25, -0.2) is 4.98 Å². The van der Waals surface area contributed by atoms with Crippen molar-refractivity contribution in [2.24, 2.45) is 11.3 Å². The van der Waals surface area contributed by atoms with Gasteiger partial charge in [-0.2, -0.15) is 5.10 Å². The van der Waals surface area contributed by atoms with E-state index in [1.54, 1.807) is 0 Å². The largest absolute Gasteiger partial charge is 0.349 e. The number of nitrogens with one attached hydrogen (secondary N) is 2. The summed E-state index contributed by atoms with van der Waals surface area (Å²) in [5.41, 5.74) is 0.156. The molecule has 0 aliphatic carbocycles. The first-order chi connectivity index (χ1) is 7.39. The number of H-pyrrole nitrogens is 1. The number of carbonyl (C=O) groups excluding carboxylic acids is 1. The van der Waals surface area contributed by atoms with Crippen LogP contribution in [0.25, 0.3) is 0 Å². The normalized spacial score (nSPS) is 13.5. The standard InChI is InChI=1S/C11H20N4O/c1-8(11(2,3)4)5-10(16)12-6-9-13-7-14-15-9/h7-8H,5-6H2,1-4H3,(H,12,16)(H,13,14,15). The Labute approximate surface area is 96.0 Å². The van der Waals surface area contributed by atoms with Gasteiger partial charge in [0, 0.05) is 6.42 Å². The van der Waals surface area contributed by atoms with E-state index in [2.05, 4.69) is 48.2 Å². The molecule has 2 N–H and O–H groups in total. The molecule has 1 aromatic rings. The molecule has 16 heavy (non-hydrogen) atoms. The van der Waals surface area contributed by atoms with Crippen LogP contribution in [0.1, 0.15) is 39.9 Å². The lowest BCUT2D eigenvalue weighted by atomic mass is 9.80. The highest BCUT2D eigenvalue weighted by molar-refractivity contribution is 5.76. The van der Waals surface area contributed by atoms with Crippen molar-refractivity contribution in [2.45, 2.75) is 40.7 Å². The van der Waals surface area contributed by atoms with Crippen molar-refractivity contribution in [1.29, 1.82) is 0 Å². The molecule has 5 heteroatoms. The Bertz CT molecular complexity index is 326. The highest BCUT2D eigenvalue weighted by Gasteiger charge is 2.22. The molecule has 1 heterocycles. The lowest BCUT2D eigenvalue weighted by molar-refractivity contribution is -0.122. The topological polar surface area (TPSA) is 70.7 Å². The third kappa shape index (κ3) is 4.00. The summed E-state index contributed by atoms with van der Waals surface area (Å²) in [7, 11) is 0. The molecule has 0 radical (unpaired) electrons. The lowest BCUT2D eigenvalue weighted by Crippen LogP contribution is -2.29. The third-order valence-electron chi connectivity index (χ3n) is 2.89.